The molecule has 0 saturated carbocycles. The second-order valence-electron chi connectivity index (χ2n) is 4.29. The number of hydrogen-bond donors (Lipinski definition) is 1. The van der Waals surface area contributed by atoms with E-state index in [-0.39, 0.29) is 5.91 Å². The number of amides is 1. The van der Waals surface area contributed by atoms with E-state index in [0.29, 0.717) is 13.2 Å². The molecule has 1 aliphatic heterocycles. The van der Waals surface area contributed by atoms with Gasteiger partial charge in [0.15, 0.2) is 5.60 Å². The van der Waals surface area contributed by atoms with Crippen LogP contribution in [0.25, 0.3) is 0 Å². The number of rotatable bonds is 3. The highest BCUT2D eigenvalue weighted by Gasteiger charge is 2.37. The van der Waals surface area contributed by atoms with E-state index in [1.54, 1.807) is 18.3 Å². The highest BCUT2D eigenvalue weighted by molar-refractivity contribution is 7.07. The SMILES string of the molecule is C[C@@]1(C(N)=O)CN(Cc2ccsc2)CCO1. The fourth-order valence-electron chi connectivity index (χ4n) is 1.88. The van der Waals surface area contributed by atoms with Crippen molar-refractivity contribution in [2.45, 2.75) is 19.1 Å². The van der Waals surface area contributed by atoms with Crippen molar-refractivity contribution >= 4 is 17.2 Å². The van der Waals surface area contributed by atoms with Crippen molar-refractivity contribution in [3.05, 3.63) is 22.4 Å². The van der Waals surface area contributed by atoms with Crippen molar-refractivity contribution in [1.29, 1.82) is 0 Å². The van der Waals surface area contributed by atoms with Crippen molar-refractivity contribution in [1.82, 2.24) is 4.90 Å². The van der Waals surface area contributed by atoms with E-state index in [2.05, 4.69) is 21.7 Å². The molecule has 2 N–H and O–H groups in total. The maximum Gasteiger partial charge on any atom is 0.250 e. The number of morpholine rings is 1. The van der Waals surface area contributed by atoms with Gasteiger partial charge in [-0.3, -0.25) is 9.69 Å². The number of carbonyl (C=O) groups excluding carboxylic acids is 1. The summed E-state index contributed by atoms with van der Waals surface area (Å²) >= 11 is 1.68. The lowest BCUT2D eigenvalue weighted by atomic mass is 10.0. The molecule has 1 aliphatic rings. The highest BCUT2D eigenvalue weighted by Crippen LogP contribution is 2.19. The fraction of sp³-hybridized carbons (Fsp3) is 0.545. The summed E-state index contributed by atoms with van der Waals surface area (Å²) in [6, 6.07) is 2.10. The van der Waals surface area contributed by atoms with Gasteiger partial charge in [0.25, 0.3) is 5.91 Å². The molecular formula is C11H16N2O2S. The van der Waals surface area contributed by atoms with Crippen LogP contribution in [0.15, 0.2) is 16.8 Å². The molecule has 5 heteroatoms. The summed E-state index contributed by atoms with van der Waals surface area (Å²) in [5.41, 5.74) is 5.79. The van der Waals surface area contributed by atoms with E-state index in [9.17, 15) is 4.79 Å². The third kappa shape index (κ3) is 2.42. The summed E-state index contributed by atoms with van der Waals surface area (Å²) in [6.45, 7) is 4.59. The van der Waals surface area contributed by atoms with Gasteiger partial charge in [-0.2, -0.15) is 11.3 Å². The summed E-state index contributed by atoms with van der Waals surface area (Å²) in [6.07, 6.45) is 0. The van der Waals surface area contributed by atoms with E-state index >= 15 is 0 Å². The molecule has 1 aromatic heterocycles. The summed E-state index contributed by atoms with van der Waals surface area (Å²) in [5.74, 6) is -0.387. The van der Waals surface area contributed by atoms with Crippen LogP contribution in [0.5, 0.6) is 0 Å². The van der Waals surface area contributed by atoms with Crippen molar-refractivity contribution in [2.24, 2.45) is 5.73 Å². The van der Waals surface area contributed by atoms with Gasteiger partial charge < -0.3 is 10.5 Å². The molecule has 1 saturated heterocycles. The van der Waals surface area contributed by atoms with Gasteiger partial charge in [-0.1, -0.05) is 0 Å². The van der Waals surface area contributed by atoms with Gasteiger partial charge in [0, 0.05) is 19.6 Å². The zero-order valence-corrected chi connectivity index (χ0v) is 10.1. The highest BCUT2D eigenvalue weighted by atomic mass is 32.1. The van der Waals surface area contributed by atoms with Crippen molar-refractivity contribution in [3.63, 3.8) is 0 Å². The number of primary amides is 1. The lowest BCUT2D eigenvalue weighted by molar-refractivity contribution is -0.153. The van der Waals surface area contributed by atoms with Crippen molar-refractivity contribution < 1.29 is 9.53 Å². The maximum atomic E-state index is 11.3. The van der Waals surface area contributed by atoms with E-state index in [1.807, 2.05) is 0 Å². The molecule has 1 amide bonds. The predicted octanol–water partition coefficient (Wildman–Crippen LogP) is 0.824. The molecule has 2 rings (SSSR count). The molecule has 1 atom stereocenters. The molecule has 0 aliphatic carbocycles. The molecule has 2 heterocycles. The Kier molecular flexibility index (Phi) is 3.28. The van der Waals surface area contributed by atoms with E-state index in [4.69, 9.17) is 10.5 Å². The maximum absolute atomic E-state index is 11.3. The number of nitrogens with zero attached hydrogens (tertiary/aromatic N) is 1. The van der Waals surface area contributed by atoms with Crippen LogP contribution in [0.3, 0.4) is 0 Å². The minimum Gasteiger partial charge on any atom is -0.367 e. The Bertz CT molecular complexity index is 366. The fourth-order valence-corrected chi connectivity index (χ4v) is 2.54. The van der Waals surface area contributed by atoms with Gasteiger partial charge >= 0.3 is 0 Å². The number of ether oxygens (including phenoxy) is 1. The van der Waals surface area contributed by atoms with Gasteiger partial charge in [0.2, 0.25) is 0 Å². The van der Waals surface area contributed by atoms with E-state index < -0.39 is 5.60 Å². The molecular weight excluding hydrogens is 224 g/mol. The van der Waals surface area contributed by atoms with Gasteiger partial charge in [-0.05, 0) is 29.3 Å². The summed E-state index contributed by atoms with van der Waals surface area (Å²) in [5, 5.41) is 4.18. The number of carbonyl (C=O) groups is 1. The largest absolute Gasteiger partial charge is 0.367 e. The molecule has 0 aromatic carbocycles. The lowest BCUT2D eigenvalue weighted by Crippen LogP contribution is -2.56. The van der Waals surface area contributed by atoms with Crippen molar-refractivity contribution in [2.75, 3.05) is 19.7 Å². The summed E-state index contributed by atoms with van der Waals surface area (Å²) in [7, 11) is 0. The first-order chi connectivity index (χ1) is 7.60. The normalized spacial score (nSPS) is 26.8. The number of thiophene rings is 1. The Labute approximate surface area is 99.0 Å². The Morgan fingerprint density at radius 2 is 2.56 bits per heavy atom. The standard InChI is InChI=1S/C11H16N2O2S/c1-11(10(12)14)8-13(3-4-15-11)6-9-2-5-16-7-9/h2,5,7H,3-4,6,8H2,1H3,(H2,12,14)/t11-/m0/s1. The summed E-state index contributed by atoms with van der Waals surface area (Å²) in [4.78, 5) is 13.5. The number of hydrogen-bond acceptors (Lipinski definition) is 4. The second-order valence-corrected chi connectivity index (χ2v) is 5.07. The Morgan fingerprint density at radius 3 is 3.19 bits per heavy atom. The molecule has 4 nitrogen and oxygen atoms in total. The third-order valence-electron chi connectivity index (χ3n) is 2.86. The average Bonchev–Trinajstić information content (AvgIpc) is 2.70. The van der Waals surface area contributed by atoms with Crippen LogP contribution in [0.1, 0.15) is 12.5 Å². The third-order valence-corrected chi connectivity index (χ3v) is 3.59. The van der Waals surface area contributed by atoms with Crippen molar-refractivity contribution in [3.8, 4) is 0 Å². The van der Waals surface area contributed by atoms with Crippen LogP contribution < -0.4 is 5.73 Å². The second kappa shape index (κ2) is 4.53. The average molecular weight is 240 g/mol. The van der Waals surface area contributed by atoms with E-state index in [0.717, 1.165) is 13.1 Å². The first-order valence-electron chi connectivity index (χ1n) is 5.27. The molecule has 0 bridgehead atoms. The van der Waals surface area contributed by atoms with Gasteiger partial charge in [-0.25, -0.2) is 0 Å². The quantitative estimate of drug-likeness (QED) is 0.851. The van der Waals surface area contributed by atoms with Crippen LogP contribution >= 0.6 is 11.3 Å². The molecule has 1 fully saturated rings. The Balaban J connectivity index is 1.99. The Hall–Kier alpha value is -0.910. The van der Waals surface area contributed by atoms with Crippen LogP contribution in [-0.4, -0.2) is 36.1 Å². The minimum atomic E-state index is -0.839. The van der Waals surface area contributed by atoms with Gasteiger partial charge in [-0.15, -0.1) is 0 Å². The molecule has 88 valence electrons. The van der Waals surface area contributed by atoms with Crippen LogP contribution in [-0.2, 0) is 16.1 Å². The molecule has 0 spiro atoms. The van der Waals surface area contributed by atoms with Crippen LogP contribution in [0.2, 0.25) is 0 Å². The minimum absolute atomic E-state index is 0.387. The molecule has 0 unspecified atom stereocenters. The van der Waals surface area contributed by atoms with Gasteiger partial charge in [0.05, 0.1) is 6.61 Å². The van der Waals surface area contributed by atoms with Crippen LogP contribution in [0.4, 0.5) is 0 Å². The Morgan fingerprint density at radius 1 is 1.75 bits per heavy atom. The van der Waals surface area contributed by atoms with Crippen LogP contribution in [0, 0.1) is 0 Å². The first-order valence-corrected chi connectivity index (χ1v) is 6.22. The smallest absolute Gasteiger partial charge is 0.250 e. The molecule has 1 aromatic rings. The topological polar surface area (TPSA) is 55.6 Å². The zero-order valence-electron chi connectivity index (χ0n) is 9.31. The first kappa shape index (κ1) is 11.6. The number of nitrogens with two attached hydrogens (primary N) is 1. The zero-order chi connectivity index (χ0) is 11.6. The molecule has 16 heavy (non-hydrogen) atoms. The summed E-state index contributed by atoms with van der Waals surface area (Å²) < 4.78 is 5.46. The predicted molar refractivity (Wildman–Crippen MR) is 63.1 cm³/mol. The lowest BCUT2D eigenvalue weighted by Gasteiger charge is -2.38. The monoisotopic (exact) mass is 240 g/mol. The van der Waals surface area contributed by atoms with Gasteiger partial charge in [0.1, 0.15) is 0 Å². The van der Waals surface area contributed by atoms with E-state index in [1.165, 1.54) is 5.56 Å². The molecule has 0 radical (unpaired) electrons.